The Morgan fingerprint density at radius 1 is 1.39 bits per heavy atom. The number of rotatable bonds is 4. The first-order valence-corrected chi connectivity index (χ1v) is 6.54. The molecule has 1 aromatic rings. The van der Waals surface area contributed by atoms with Gasteiger partial charge in [-0.25, -0.2) is 0 Å². The molecule has 1 N–H and O–H groups in total. The van der Waals surface area contributed by atoms with Crippen molar-refractivity contribution in [3.05, 3.63) is 29.8 Å². The molecule has 3 heteroatoms. The van der Waals surface area contributed by atoms with E-state index in [0.29, 0.717) is 12.4 Å². The molecule has 0 bridgehead atoms. The van der Waals surface area contributed by atoms with Crippen molar-refractivity contribution in [2.24, 2.45) is 5.41 Å². The molecule has 0 radical (unpaired) electrons. The minimum absolute atomic E-state index is 0.559. The molecule has 1 atom stereocenters. The quantitative estimate of drug-likeness (QED) is 0.886. The highest BCUT2D eigenvalue weighted by Crippen LogP contribution is 2.48. The maximum absolute atomic E-state index is 10.6. The first kappa shape index (κ1) is 12.9. The smallest absolute Gasteiger partial charge is 0.125 e. The number of aliphatic hydroxyl groups excluding tert-OH is 1. The Kier molecular flexibility index (Phi) is 3.88. The van der Waals surface area contributed by atoms with Gasteiger partial charge in [0.05, 0.1) is 18.1 Å². The van der Waals surface area contributed by atoms with Crippen LogP contribution in [0.2, 0.25) is 0 Å². The topological polar surface area (TPSA) is 53.2 Å². The molecular formula is C15H19NO2. The van der Waals surface area contributed by atoms with E-state index in [1.165, 1.54) is 0 Å². The lowest BCUT2D eigenvalue weighted by atomic mass is 9.78. The third-order valence-corrected chi connectivity index (χ3v) is 3.76. The maximum atomic E-state index is 10.6. The molecule has 1 unspecified atom stereocenters. The fraction of sp³-hybridized carbons (Fsp3) is 0.533. The molecule has 2 rings (SSSR count). The molecular weight excluding hydrogens is 226 g/mol. The lowest BCUT2D eigenvalue weighted by Crippen LogP contribution is -2.24. The summed E-state index contributed by atoms with van der Waals surface area (Å²) in [5.41, 5.74) is 0.107. The highest BCUT2D eigenvalue weighted by molar-refractivity contribution is 5.37. The van der Waals surface area contributed by atoms with Gasteiger partial charge >= 0.3 is 0 Å². The van der Waals surface area contributed by atoms with E-state index in [1.807, 2.05) is 31.2 Å². The van der Waals surface area contributed by atoms with Crippen LogP contribution in [0.5, 0.6) is 5.75 Å². The Morgan fingerprint density at radius 3 is 2.67 bits per heavy atom. The molecule has 1 aromatic carbocycles. The average Bonchev–Trinajstić information content (AvgIpc) is 2.89. The monoisotopic (exact) mass is 245 g/mol. The summed E-state index contributed by atoms with van der Waals surface area (Å²) < 4.78 is 5.54. The van der Waals surface area contributed by atoms with Gasteiger partial charge in [0.1, 0.15) is 11.9 Å². The number of benzene rings is 1. The summed E-state index contributed by atoms with van der Waals surface area (Å²) in [6.07, 6.45) is 2.81. The molecule has 1 fully saturated rings. The number of ether oxygens (including phenoxy) is 1. The average molecular weight is 245 g/mol. The van der Waals surface area contributed by atoms with Gasteiger partial charge in [-0.15, -0.1) is 0 Å². The lowest BCUT2D eigenvalue weighted by molar-refractivity contribution is 0.0643. The van der Waals surface area contributed by atoms with E-state index in [4.69, 9.17) is 4.74 Å². The molecule has 0 aliphatic heterocycles. The highest BCUT2D eigenvalue weighted by Gasteiger charge is 2.42. The first-order valence-electron chi connectivity index (χ1n) is 6.54. The zero-order chi connectivity index (χ0) is 13.0. The van der Waals surface area contributed by atoms with E-state index in [1.54, 1.807) is 0 Å². The van der Waals surface area contributed by atoms with Crippen molar-refractivity contribution in [2.45, 2.75) is 38.7 Å². The summed E-state index contributed by atoms with van der Waals surface area (Å²) in [7, 11) is 0. The van der Waals surface area contributed by atoms with Crippen LogP contribution in [0.4, 0.5) is 0 Å². The minimum Gasteiger partial charge on any atom is -0.493 e. The Labute approximate surface area is 108 Å². The van der Waals surface area contributed by atoms with Crippen LogP contribution >= 0.6 is 0 Å². The van der Waals surface area contributed by atoms with Gasteiger partial charge in [-0.1, -0.05) is 31.0 Å². The predicted octanol–water partition coefficient (Wildman–Crippen LogP) is 3.20. The third kappa shape index (κ3) is 2.21. The zero-order valence-electron chi connectivity index (χ0n) is 10.7. The van der Waals surface area contributed by atoms with Crippen molar-refractivity contribution < 1.29 is 9.84 Å². The van der Waals surface area contributed by atoms with Gasteiger partial charge in [0.25, 0.3) is 0 Å². The molecule has 1 saturated carbocycles. The normalized spacial score (nSPS) is 19.2. The van der Waals surface area contributed by atoms with Crippen LogP contribution in [0.25, 0.3) is 0 Å². The Balaban J connectivity index is 2.33. The number of hydrogen-bond acceptors (Lipinski definition) is 3. The fourth-order valence-corrected chi connectivity index (χ4v) is 2.74. The number of hydrogen-bond donors (Lipinski definition) is 1. The summed E-state index contributed by atoms with van der Waals surface area (Å²) in [6, 6.07) is 9.80. The largest absolute Gasteiger partial charge is 0.493 e. The zero-order valence-corrected chi connectivity index (χ0v) is 10.7. The van der Waals surface area contributed by atoms with Gasteiger partial charge < -0.3 is 9.84 Å². The van der Waals surface area contributed by atoms with Crippen LogP contribution in [0.15, 0.2) is 24.3 Å². The van der Waals surface area contributed by atoms with Crippen molar-refractivity contribution in [1.82, 2.24) is 0 Å². The van der Waals surface area contributed by atoms with Crippen molar-refractivity contribution in [2.75, 3.05) is 6.61 Å². The van der Waals surface area contributed by atoms with Crippen molar-refractivity contribution in [1.29, 1.82) is 5.26 Å². The van der Waals surface area contributed by atoms with Gasteiger partial charge in [-0.2, -0.15) is 5.26 Å². The number of aliphatic hydroxyl groups is 1. The van der Waals surface area contributed by atoms with Crippen LogP contribution in [-0.4, -0.2) is 11.7 Å². The Hall–Kier alpha value is -1.53. The second-order valence-electron chi connectivity index (χ2n) is 4.85. The molecule has 3 nitrogen and oxygen atoms in total. The maximum Gasteiger partial charge on any atom is 0.125 e. The third-order valence-electron chi connectivity index (χ3n) is 3.76. The number of nitrogens with zero attached hydrogens (tertiary/aromatic N) is 1. The van der Waals surface area contributed by atoms with Gasteiger partial charge in [0.15, 0.2) is 0 Å². The molecule has 0 amide bonds. The minimum atomic E-state index is -0.757. The lowest BCUT2D eigenvalue weighted by Gasteiger charge is -2.28. The molecule has 1 aliphatic carbocycles. The highest BCUT2D eigenvalue weighted by atomic mass is 16.5. The first-order chi connectivity index (χ1) is 8.73. The molecule has 0 heterocycles. The van der Waals surface area contributed by atoms with Gasteiger partial charge in [0.2, 0.25) is 0 Å². The molecule has 1 aliphatic rings. The van der Waals surface area contributed by atoms with Crippen LogP contribution in [0, 0.1) is 16.7 Å². The van der Waals surface area contributed by atoms with Crippen LogP contribution in [0.1, 0.15) is 44.3 Å². The summed E-state index contributed by atoms with van der Waals surface area (Å²) in [5, 5.41) is 20.0. The predicted molar refractivity (Wildman–Crippen MR) is 69.1 cm³/mol. The van der Waals surface area contributed by atoms with Crippen molar-refractivity contribution >= 4 is 0 Å². The second kappa shape index (κ2) is 5.41. The van der Waals surface area contributed by atoms with Gasteiger partial charge in [0, 0.05) is 5.56 Å². The van der Waals surface area contributed by atoms with E-state index >= 15 is 0 Å². The van der Waals surface area contributed by atoms with Gasteiger partial charge in [-0.3, -0.25) is 0 Å². The summed E-state index contributed by atoms with van der Waals surface area (Å²) in [4.78, 5) is 0. The van der Waals surface area contributed by atoms with Crippen molar-refractivity contribution in [3.8, 4) is 11.8 Å². The summed E-state index contributed by atoms with van der Waals surface area (Å²) >= 11 is 0. The Bertz CT molecular complexity index is 444. The number of para-hydroxylation sites is 1. The van der Waals surface area contributed by atoms with Crippen molar-refractivity contribution in [3.63, 3.8) is 0 Å². The fourth-order valence-electron chi connectivity index (χ4n) is 2.74. The van der Waals surface area contributed by atoms with Crippen LogP contribution < -0.4 is 4.74 Å². The Morgan fingerprint density at radius 2 is 2.06 bits per heavy atom. The van der Waals surface area contributed by atoms with E-state index in [9.17, 15) is 10.4 Å². The number of nitriles is 1. The molecule has 0 aromatic heterocycles. The van der Waals surface area contributed by atoms with Gasteiger partial charge in [-0.05, 0) is 25.8 Å². The van der Waals surface area contributed by atoms with Crippen LogP contribution in [0.3, 0.4) is 0 Å². The van der Waals surface area contributed by atoms with E-state index in [-0.39, 0.29) is 0 Å². The van der Waals surface area contributed by atoms with Crippen LogP contribution in [-0.2, 0) is 0 Å². The van der Waals surface area contributed by atoms with E-state index in [2.05, 4.69) is 6.07 Å². The summed E-state index contributed by atoms with van der Waals surface area (Å²) in [5.74, 6) is 0.689. The molecule has 0 saturated heterocycles. The molecule has 0 spiro atoms. The SMILES string of the molecule is CCOc1ccccc1C(O)C1(C#N)CCCC1. The van der Waals surface area contributed by atoms with E-state index < -0.39 is 11.5 Å². The second-order valence-corrected chi connectivity index (χ2v) is 4.85. The molecule has 96 valence electrons. The van der Waals surface area contributed by atoms with E-state index in [0.717, 1.165) is 31.2 Å². The standard InChI is InChI=1S/C15H19NO2/c1-2-18-13-8-4-3-7-12(13)14(17)15(11-16)9-5-6-10-15/h3-4,7-8,14,17H,2,5-6,9-10H2,1H3. The molecule has 18 heavy (non-hydrogen) atoms. The summed E-state index contributed by atoms with van der Waals surface area (Å²) in [6.45, 7) is 2.47.